The summed E-state index contributed by atoms with van der Waals surface area (Å²) < 4.78 is 0. The second-order valence-corrected chi connectivity index (χ2v) is 5.92. The fourth-order valence-electron chi connectivity index (χ4n) is 1.93. The summed E-state index contributed by atoms with van der Waals surface area (Å²) in [6.45, 7) is 9.79. The molecule has 22 heavy (non-hydrogen) atoms. The molecule has 0 radical (unpaired) electrons. The molecule has 0 spiro atoms. The third-order valence-corrected chi connectivity index (χ3v) is 3.46. The number of nitrogens with two attached hydrogens (primary N) is 1. The van der Waals surface area contributed by atoms with Crippen LogP contribution in [0, 0.1) is 5.92 Å². The fourth-order valence-corrected chi connectivity index (χ4v) is 1.93. The van der Waals surface area contributed by atoms with Crippen molar-refractivity contribution in [3.05, 3.63) is 59.7 Å². The molecule has 3 N–H and O–H groups in total. The van der Waals surface area contributed by atoms with Crippen molar-refractivity contribution in [2.45, 2.75) is 40.5 Å². The molecule has 0 aliphatic rings. The topological polar surface area (TPSA) is 38.0 Å². The van der Waals surface area contributed by atoms with Gasteiger partial charge in [-0.25, -0.2) is 0 Å². The third kappa shape index (κ3) is 7.16. The first-order chi connectivity index (χ1) is 10.5. The fraction of sp³-hybridized carbons (Fsp3) is 0.400. The van der Waals surface area contributed by atoms with Crippen LogP contribution in [0.1, 0.15) is 38.8 Å². The van der Waals surface area contributed by atoms with Crippen LogP contribution in [0.2, 0.25) is 0 Å². The Morgan fingerprint density at radius 2 is 1.27 bits per heavy atom. The molecule has 120 valence electrons. The first kappa shape index (κ1) is 18.1. The summed E-state index contributed by atoms with van der Waals surface area (Å²) in [5.74, 6) is 0.700. The van der Waals surface area contributed by atoms with Crippen molar-refractivity contribution in [3.63, 3.8) is 0 Å². The van der Waals surface area contributed by atoms with Gasteiger partial charge in [-0.15, -0.1) is 0 Å². The van der Waals surface area contributed by atoms with Crippen LogP contribution in [0.15, 0.2) is 48.5 Å². The molecule has 0 aliphatic carbocycles. The number of rotatable bonds is 5. The number of anilines is 2. The molecule has 2 aromatic rings. The molecule has 0 saturated carbocycles. The van der Waals surface area contributed by atoms with Gasteiger partial charge in [0.15, 0.2) is 0 Å². The number of nitrogens with one attached hydrogen (secondary N) is 1. The molecule has 2 nitrogen and oxygen atoms in total. The minimum Gasteiger partial charge on any atom is -0.399 e. The quantitative estimate of drug-likeness (QED) is 0.749. The Kier molecular flexibility index (Phi) is 8.13. The van der Waals surface area contributed by atoms with Crippen LogP contribution in [0.25, 0.3) is 0 Å². The SMILES string of the molecule is CCc1ccc(N)cc1.CCc1ccc(NCC(C)C)cc1. The predicted molar refractivity (Wildman–Crippen MR) is 99.4 cm³/mol. The predicted octanol–water partition coefficient (Wildman–Crippen LogP) is 5.15. The van der Waals surface area contributed by atoms with Gasteiger partial charge in [0.2, 0.25) is 0 Å². The van der Waals surface area contributed by atoms with Crippen LogP contribution in [-0.2, 0) is 12.8 Å². The Labute approximate surface area is 135 Å². The third-order valence-electron chi connectivity index (χ3n) is 3.46. The maximum absolute atomic E-state index is 5.48. The Morgan fingerprint density at radius 1 is 0.818 bits per heavy atom. The summed E-state index contributed by atoms with van der Waals surface area (Å²) in [5.41, 5.74) is 10.3. The van der Waals surface area contributed by atoms with Crippen molar-refractivity contribution in [3.8, 4) is 0 Å². The van der Waals surface area contributed by atoms with Gasteiger partial charge >= 0.3 is 0 Å². The first-order valence-corrected chi connectivity index (χ1v) is 8.22. The zero-order valence-electron chi connectivity index (χ0n) is 14.4. The summed E-state index contributed by atoms with van der Waals surface area (Å²) in [6, 6.07) is 16.6. The van der Waals surface area contributed by atoms with Gasteiger partial charge in [-0.1, -0.05) is 52.0 Å². The largest absolute Gasteiger partial charge is 0.399 e. The summed E-state index contributed by atoms with van der Waals surface area (Å²) in [7, 11) is 0. The molecule has 0 aliphatic heterocycles. The van der Waals surface area contributed by atoms with Crippen LogP contribution in [0.3, 0.4) is 0 Å². The molecule has 0 amide bonds. The van der Waals surface area contributed by atoms with Crippen molar-refractivity contribution in [2.24, 2.45) is 5.92 Å². The molecule has 0 heterocycles. The van der Waals surface area contributed by atoms with Crippen molar-refractivity contribution >= 4 is 11.4 Å². The number of aryl methyl sites for hydroxylation is 2. The van der Waals surface area contributed by atoms with E-state index in [1.807, 2.05) is 12.1 Å². The Morgan fingerprint density at radius 3 is 1.68 bits per heavy atom. The minimum atomic E-state index is 0.700. The molecule has 0 atom stereocenters. The van der Waals surface area contributed by atoms with Crippen molar-refractivity contribution < 1.29 is 0 Å². The summed E-state index contributed by atoms with van der Waals surface area (Å²) >= 11 is 0. The van der Waals surface area contributed by atoms with Gasteiger partial charge in [0.05, 0.1) is 0 Å². The molecule has 0 unspecified atom stereocenters. The summed E-state index contributed by atoms with van der Waals surface area (Å²) in [6.07, 6.45) is 2.20. The minimum absolute atomic E-state index is 0.700. The molecule has 2 heteroatoms. The molecule has 0 aromatic heterocycles. The van der Waals surface area contributed by atoms with Crippen molar-refractivity contribution in [1.82, 2.24) is 0 Å². The molecule has 0 fully saturated rings. The average Bonchev–Trinajstić information content (AvgIpc) is 2.55. The van der Waals surface area contributed by atoms with E-state index in [9.17, 15) is 0 Å². The van der Waals surface area contributed by atoms with E-state index in [-0.39, 0.29) is 0 Å². The zero-order valence-corrected chi connectivity index (χ0v) is 14.4. The number of benzene rings is 2. The van der Waals surface area contributed by atoms with Gasteiger partial charge in [-0.2, -0.15) is 0 Å². The highest BCUT2D eigenvalue weighted by Gasteiger charge is 1.94. The van der Waals surface area contributed by atoms with Crippen LogP contribution >= 0.6 is 0 Å². The Hall–Kier alpha value is -1.96. The molecule has 2 rings (SSSR count). The number of hydrogen-bond donors (Lipinski definition) is 2. The zero-order chi connectivity index (χ0) is 16.4. The lowest BCUT2D eigenvalue weighted by Crippen LogP contribution is -2.07. The normalized spacial score (nSPS) is 10.0. The summed E-state index contributed by atoms with van der Waals surface area (Å²) in [5, 5.41) is 3.40. The van der Waals surface area contributed by atoms with E-state index in [1.165, 1.54) is 16.8 Å². The molecule has 0 saturated heterocycles. The van der Waals surface area contributed by atoms with Crippen LogP contribution < -0.4 is 11.1 Å². The smallest absolute Gasteiger partial charge is 0.0340 e. The van der Waals surface area contributed by atoms with E-state index in [4.69, 9.17) is 5.73 Å². The Bertz CT molecular complexity index is 512. The van der Waals surface area contributed by atoms with Crippen LogP contribution in [-0.4, -0.2) is 6.54 Å². The highest BCUT2D eigenvalue weighted by atomic mass is 14.9. The van der Waals surface area contributed by atoms with Crippen LogP contribution in [0.5, 0.6) is 0 Å². The van der Waals surface area contributed by atoms with E-state index in [1.54, 1.807) is 0 Å². The van der Waals surface area contributed by atoms with E-state index in [0.29, 0.717) is 5.92 Å². The lowest BCUT2D eigenvalue weighted by molar-refractivity contribution is 0.689. The van der Waals surface area contributed by atoms with Gasteiger partial charge in [0, 0.05) is 17.9 Å². The lowest BCUT2D eigenvalue weighted by Gasteiger charge is -2.08. The Balaban J connectivity index is 0.000000235. The van der Waals surface area contributed by atoms with Gasteiger partial charge in [0.1, 0.15) is 0 Å². The van der Waals surface area contributed by atoms with Crippen molar-refractivity contribution in [1.29, 1.82) is 0 Å². The number of hydrogen-bond acceptors (Lipinski definition) is 2. The van der Waals surface area contributed by atoms with E-state index in [2.05, 4.69) is 69.4 Å². The molecule has 2 aromatic carbocycles. The van der Waals surface area contributed by atoms with Gasteiger partial charge in [0.25, 0.3) is 0 Å². The van der Waals surface area contributed by atoms with Gasteiger partial charge < -0.3 is 11.1 Å². The van der Waals surface area contributed by atoms with Gasteiger partial charge in [-0.05, 0) is 54.2 Å². The monoisotopic (exact) mass is 298 g/mol. The molecule has 0 bridgehead atoms. The van der Waals surface area contributed by atoms with E-state index >= 15 is 0 Å². The average molecular weight is 298 g/mol. The molecular formula is C20H30N2. The van der Waals surface area contributed by atoms with E-state index in [0.717, 1.165) is 25.1 Å². The van der Waals surface area contributed by atoms with Crippen LogP contribution in [0.4, 0.5) is 11.4 Å². The second-order valence-electron chi connectivity index (χ2n) is 5.92. The first-order valence-electron chi connectivity index (χ1n) is 8.22. The van der Waals surface area contributed by atoms with Gasteiger partial charge in [-0.3, -0.25) is 0 Å². The maximum Gasteiger partial charge on any atom is 0.0340 e. The van der Waals surface area contributed by atoms with E-state index < -0.39 is 0 Å². The highest BCUT2D eigenvalue weighted by molar-refractivity contribution is 5.44. The lowest BCUT2D eigenvalue weighted by atomic mass is 10.1. The summed E-state index contributed by atoms with van der Waals surface area (Å²) in [4.78, 5) is 0. The maximum atomic E-state index is 5.48. The number of nitrogen functional groups attached to an aromatic ring is 1. The standard InChI is InChI=1S/C12H19N.C8H11N/c1-4-11-5-7-12(8-6-11)13-9-10(2)3;1-2-7-3-5-8(9)6-4-7/h5-8,10,13H,4,9H2,1-3H3;3-6H,2,9H2,1H3. The molecular weight excluding hydrogens is 268 g/mol. The van der Waals surface area contributed by atoms with Crippen molar-refractivity contribution in [2.75, 3.05) is 17.6 Å². The highest BCUT2D eigenvalue weighted by Crippen LogP contribution is 2.10. The second kappa shape index (κ2) is 9.88.